The van der Waals surface area contributed by atoms with Gasteiger partial charge in [0.25, 0.3) is 5.91 Å². The van der Waals surface area contributed by atoms with Gasteiger partial charge in [-0.2, -0.15) is 0 Å². The molecule has 5 heteroatoms. The first-order chi connectivity index (χ1) is 9.61. The fourth-order valence-corrected chi connectivity index (χ4v) is 3.35. The van der Waals surface area contributed by atoms with Crippen LogP contribution in [0.3, 0.4) is 0 Å². The molecule has 1 aliphatic rings. The Morgan fingerprint density at radius 1 is 0.900 bits per heavy atom. The molecule has 20 heavy (non-hydrogen) atoms. The molecule has 0 aliphatic carbocycles. The number of carbonyl (C=O) groups excluding carboxylic acids is 1. The van der Waals surface area contributed by atoms with Crippen LogP contribution < -0.4 is 10.6 Å². The number of halogens is 2. The molecule has 1 heterocycles. The van der Waals surface area contributed by atoms with E-state index in [4.69, 9.17) is 0 Å². The third-order valence-corrected chi connectivity index (χ3v) is 3.80. The summed E-state index contributed by atoms with van der Waals surface area (Å²) in [7, 11) is 0. The first-order valence-corrected chi connectivity index (χ1v) is 7.55. The van der Waals surface area contributed by atoms with Crippen molar-refractivity contribution in [1.29, 1.82) is 0 Å². The minimum Gasteiger partial charge on any atom is -0.349 e. The Kier molecular flexibility index (Phi) is 3.63. The van der Waals surface area contributed by atoms with Gasteiger partial charge in [0.15, 0.2) is 0 Å². The third-order valence-electron chi connectivity index (χ3n) is 2.89. The molecule has 1 amide bonds. The van der Waals surface area contributed by atoms with Crippen LogP contribution in [0.15, 0.2) is 57.1 Å². The Labute approximate surface area is 133 Å². The number of carbonyl (C=O) groups is 1. The van der Waals surface area contributed by atoms with E-state index in [2.05, 4.69) is 42.5 Å². The zero-order chi connectivity index (χ0) is 14.1. The number of para-hydroxylation sites is 2. The summed E-state index contributed by atoms with van der Waals surface area (Å²) >= 11 is 6.88. The van der Waals surface area contributed by atoms with Gasteiger partial charge in [-0.05, 0) is 42.0 Å². The quantitative estimate of drug-likeness (QED) is 0.694. The maximum Gasteiger partial charge on any atom is 0.272 e. The first-order valence-electron chi connectivity index (χ1n) is 5.97. The van der Waals surface area contributed by atoms with Crippen LogP contribution in [0.25, 0.3) is 6.08 Å². The highest BCUT2D eigenvalue weighted by Gasteiger charge is 2.18. The van der Waals surface area contributed by atoms with E-state index in [9.17, 15) is 4.79 Å². The largest absolute Gasteiger partial charge is 0.349 e. The second-order valence-electron chi connectivity index (χ2n) is 4.39. The Hall–Kier alpha value is -1.59. The summed E-state index contributed by atoms with van der Waals surface area (Å²) in [5.74, 6) is -0.139. The summed E-state index contributed by atoms with van der Waals surface area (Å²) in [5.41, 5.74) is 3.15. The van der Waals surface area contributed by atoms with Crippen molar-refractivity contribution < 1.29 is 4.79 Å². The summed E-state index contributed by atoms with van der Waals surface area (Å²) in [5, 5.41) is 6.02. The molecule has 0 unspecified atom stereocenters. The van der Waals surface area contributed by atoms with Crippen LogP contribution in [0, 0.1) is 0 Å². The second-order valence-corrected chi connectivity index (χ2v) is 6.22. The number of hydrogen-bond donors (Lipinski definition) is 2. The molecule has 2 aromatic rings. The van der Waals surface area contributed by atoms with E-state index in [-0.39, 0.29) is 5.91 Å². The number of rotatable bonds is 1. The molecule has 0 bridgehead atoms. The SMILES string of the molecule is O=C1Nc2ccccc2NC1=Cc1cc(Br)cc(Br)c1. The van der Waals surface area contributed by atoms with Gasteiger partial charge in [-0.1, -0.05) is 44.0 Å². The smallest absolute Gasteiger partial charge is 0.272 e. The zero-order valence-electron chi connectivity index (χ0n) is 10.3. The van der Waals surface area contributed by atoms with Gasteiger partial charge in [0, 0.05) is 8.95 Å². The summed E-state index contributed by atoms with van der Waals surface area (Å²) in [4.78, 5) is 12.1. The highest BCUT2D eigenvalue weighted by molar-refractivity contribution is 9.11. The van der Waals surface area contributed by atoms with Crippen molar-refractivity contribution in [2.24, 2.45) is 0 Å². The standard InChI is InChI=1S/C15H10Br2N2O/c16-10-5-9(6-11(17)8-10)7-14-15(20)19-13-4-2-1-3-12(13)18-14/h1-8,18H,(H,19,20). The van der Waals surface area contributed by atoms with Crippen LogP contribution in [0.4, 0.5) is 11.4 Å². The van der Waals surface area contributed by atoms with E-state index in [0.717, 1.165) is 25.9 Å². The molecular weight excluding hydrogens is 384 g/mol. The minimum atomic E-state index is -0.139. The third kappa shape index (κ3) is 2.78. The Balaban J connectivity index is 1.98. The number of amides is 1. The molecule has 0 atom stereocenters. The molecular formula is C15H10Br2N2O. The van der Waals surface area contributed by atoms with Crippen molar-refractivity contribution in [3.05, 3.63) is 62.7 Å². The highest BCUT2D eigenvalue weighted by atomic mass is 79.9. The molecule has 2 N–H and O–H groups in total. The van der Waals surface area contributed by atoms with Gasteiger partial charge in [-0.25, -0.2) is 0 Å². The van der Waals surface area contributed by atoms with E-state index in [1.54, 1.807) is 0 Å². The van der Waals surface area contributed by atoms with Crippen molar-refractivity contribution in [3.63, 3.8) is 0 Å². The van der Waals surface area contributed by atoms with E-state index < -0.39 is 0 Å². The average molecular weight is 394 g/mol. The lowest BCUT2D eigenvalue weighted by atomic mass is 10.1. The van der Waals surface area contributed by atoms with E-state index in [1.807, 2.05) is 48.5 Å². The van der Waals surface area contributed by atoms with Crippen molar-refractivity contribution in [3.8, 4) is 0 Å². The number of anilines is 2. The maximum absolute atomic E-state index is 12.1. The number of nitrogens with one attached hydrogen (secondary N) is 2. The molecule has 0 saturated heterocycles. The van der Waals surface area contributed by atoms with E-state index in [0.29, 0.717) is 5.70 Å². The highest BCUT2D eigenvalue weighted by Crippen LogP contribution is 2.29. The van der Waals surface area contributed by atoms with Gasteiger partial charge >= 0.3 is 0 Å². The number of hydrogen-bond acceptors (Lipinski definition) is 2. The van der Waals surface area contributed by atoms with E-state index >= 15 is 0 Å². The second kappa shape index (κ2) is 5.42. The topological polar surface area (TPSA) is 41.1 Å². The van der Waals surface area contributed by atoms with Gasteiger partial charge in [0.1, 0.15) is 5.70 Å². The molecule has 100 valence electrons. The van der Waals surface area contributed by atoms with Gasteiger partial charge < -0.3 is 10.6 Å². The van der Waals surface area contributed by atoms with Crippen molar-refractivity contribution in [2.45, 2.75) is 0 Å². The van der Waals surface area contributed by atoms with Gasteiger partial charge in [-0.15, -0.1) is 0 Å². The molecule has 3 nitrogen and oxygen atoms in total. The summed E-state index contributed by atoms with van der Waals surface area (Å²) in [6, 6.07) is 13.5. The Bertz CT molecular complexity index is 705. The monoisotopic (exact) mass is 392 g/mol. The summed E-state index contributed by atoms with van der Waals surface area (Å²) in [6.45, 7) is 0. The molecule has 0 aromatic heterocycles. The number of benzene rings is 2. The first kappa shape index (κ1) is 13.4. The average Bonchev–Trinajstić information content (AvgIpc) is 2.38. The molecule has 0 spiro atoms. The predicted molar refractivity (Wildman–Crippen MR) is 88.5 cm³/mol. The molecule has 2 aromatic carbocycles. The number of fused-ring (bicyclic) bond motifs is 1. The van der Waals surface area contributed by atoms with Gasteiger partial charge in [-0.3, -0.25) is 4.79 Å². The fourth-order valence-electron chi connectivity index (χ4n) is 2.02. The molecule has 0 saturated carbocycles. The minimum absolute atomic E-state index is 0.139. The van der Waals surface area contributed by atoms with Gasteiger partial charge in [0.05, 0.1) is 11.4 Å². The lowest BCUT2D eigenvalue weighted by Crippen LogP contribution is -2.25. The van der Waals surface area contributed by atoms with Crippen LogP contribution in [-0.4, -0.2) is 5.91 Å². The summed E-state index contributed by atoms with van der Waals surface area (Å²) in [6.07, 6.45) is 1.82. The van der Waals surface area contributed by atoms with Gasteiger partial charge in [0.2, 0.25) is 0 Å². The summed E-state index contributed by atoms with van der Waals surface area (Å²) < 4.78 is 1.91. The normalized spacial score (nSPS) is 15.5. The van der Waals surface area contributed by atoms with Crippen molar-refractivity contribution >= 4 is 55.2 Å². The maximum atomic E-state index is 12.1. The van der Waals surface area contributed by atoms with Crippen LogP contribution in [-0.2, 0) is 4.79 Å². The lowest BCUT2D eigenvalue weighted by molar-refractivity contribution is -0.112. The Morgan fingerprint density at radius 3 is 2.15 bits per heavy atom. The van der Waals surface area contributed by atoms with E-state index in [1.165, 1.54) is 0 Å². The van der Waals surface area contributed by atoms with Crippen LogP contribution >= 0.6 is 31.9 Å². The van der Waals surface area contributed by atoms with Crippen LogP contribution in [0.5, 0.6) is 0 Å². The molecule has 3 rings (SSSR count). The zero-order valence-corrected chi connectivity index (χ0v) is 13.5. The van der Waals surface area contributed by atoms with Crippen molar-refractivity contribution in [2.75, 3.05) is 10.6 Å². The Morgan fingerprint density at radius 2 is 1.50 bits per heavy atom. The molecule has 1 aliphatic heterocycles. The molecule has 0 radical (unpaired) electrons. The lowest BCUT2D eigenvalue weighted by Gasteiger charge is -2.20. The fraction of sp³-hybridized carbons (Fsp3) is 0. The predicted octanol–water partition coefficient (Wildman–Crippen LogP) is 4.62. The van der Waals surface area contributed by atoms with Crippen LogP contribution in [0.1, 0.15) is 5.56 Å². The van der Waals surface area contributed by atoms with Crippen molar-refractivity contribution in [1.82, 2.24) is 0 Å². The van der Waals surface area contributed by atoms with Crippen LogP contribution in [0.2, 0.25) is 0 Å². The molecule has 0 fully saturated rings.